The fraction of sp³-hybridized carbons (Fsp3) is 0.417. The number of carboxylic acid groups (broad SMARTS) is 2. The number of nitrogens with one attached hydrogen (secondary N) is 1. The molecule has 2 aliphatic heterocycles. The lowest BCUT2D eigenvalue weighted by Gasteiger charge is -2.29. The van der Waals surface area contributed by atoms with E-state index < -0.39 is 36.9 Å². The van der Waals surface area contributed by atoms with Gasteiger partial charge in [0.25, 0.3) is 9.05 Å². The summed E-state index contributed by atoms with van der Waals surface area (Å²) < 4.78 is 47.0. The molecule has 0 amide bonds. The van der Waals surface area contributed by atoms with Crippen molar-refractivity contribution in [2.75, 3.05) is 26.2 Å². The zero-order valence-corrected chi connectivity index (χ0v) is 22.5. The number of halogens is 1. The van der Waals surface area contributed by atoms with Crippen LogP contribution >= 0.6 is 10.7 Å². The molecule has 0 unspecified atom stereocenters. The SMILES string of the molecule is O=C(O)[C@H]1CCCN(S(=O)(=O)c2ccccc2)C1.O=C(O)[C@H]1CCCNC1.O=S(=O)(Cl)c1ccccc1. The quantitative estimate of drug-likeness (QED) is 0.456. The van der Waals surface area contributed by atoms with Crippen molar-refractivity contribution in [2.45, 2.75) is 35.5 Å². The highest BCUT2D eigenvalue weighted by molar-refractivity contribution is 8.13. The lowest BCUT2D eigenvalue weighted by molar-refractivity contribution is -0.143. The number of carbonyl (C=O) groups is 2. The third-order valence-corrected chi connectivity index (χ3v) is 9.03. The lowest BCUT2D eigenvalue weighted by Crippen LogP contribution is -2.42. The molecular formula is C24H31ClN2O8S2. The first-order chi connectivity index (χ1) is 17.4. The van der Waals surface area contributed by atoms with Gasteiger partial charge in [-0.1, -0.05) is 36.4 Å². The fourth-order valence-electron chi connectivity index (χ4n) is 3.75. The Morgan fingerprint density at radius 2 is 1.32 bits per heavy atom. The molecular weight excluding hydrogens is 544 g/mol. The standard InChI is InChI=1S/C12H15NO4S.C6H5ClO2S.C6H11NO2/c14-12(15)10-5-4-8-13(9-10)18(16,17)11-6-2-1-3-7-11;7-10(8,9)6-4-2-1-3-5-6;8-6(9)5-2-1-3-7-4-5/h1-3,6-7,10H,4-5,8-9H2,(H,14,15);1-5H;5,7H,1-4H2,(H,8,9)/t10-;;5-/m0.0/s1. The van der Waals surface area contributed by atoms with E-state index in [1.807, 2.05) is 0 Å². The second kappa shape index (κ2) is 14.4. The van der Waals surface area contributed by atoms with Crippen molar-refractivity contribution < 1.29 is 36.6 Å². The third kappa shape index (κ3) is 10.0. The largest absolute Gasteiger partial charge is 0.481 e. The number of hydrogen-bond donors (Lipinski definition) is 3. The van der Waals surface area contributed by atoms with Crippen molar-refractivity contribution in [3.8, 4) is 0 Å². The molecule has 2 aromatic rings. The van der Waals surface area contributed by atoms with Gasteiger partial charge < -0.3 is 15.5 Å². The summed E-state index contributed by atoms with van der Waals surface area (Å²) in [5.74, 6) is -2.33. The minimum absolute atomic E-state index is 0.0621. The van der Waals surface area contributed by atoms with E-state index in [0.717, 1.165) is 19.4 Å². The number of sulfonamides is 1. The maximum Gasteiger partial charge on any atom is 0.307 e. The minimum Gasteiger partial charge on any atom is -0.481 e. The van der Waals surface area contributed by atoms with E-state index in [-0.39, 0.29) is 22.3 Å². The van der Waals surface area contributed by atoms with E-state index in [1.54, 1.807) is 36.4 Å². The monoisotopic (exact) mass is 574 g/mol. The van der Waals surface area contributed by atoms with E-state index in [0.29, 0.717) is 25.9 Å². The zero-order valence-electron chi connectivity index (χ0n) is 20.1. The summed E-state index contributed by atoms with van der Waals surface area (Å²) in [4.78, 5) is 21.6. The third-order valence-electron chi connectivity index (χ3n) is 5.79. The van der Waals surface area contributed by atoms with Gasteiger partial charge in [-0.2, -0.15) is 4.31 Å². The number of carboxylic acids is 2. The van der Waals surface area contributed by atoms with Gasteiger partial charge in [0.1, 0.15) is 0 Å². The highest BCUT2D eigenvalue weighted by Gasteiger charge is 2.33. The average Bonchev–Trinajstić information content (AvgIpc) is 2.90. The highest BCUT2D eigenvalue weighted by Crippen LogP contribution is 2.23. The van der Waals surface area contributed by atoms with Crippen molar-refractivity contribution in [3.63, 3.8) is 0 Å². The minimum atomic E-state index is -3.56. The molecule has 0 aromatic heterocycles. The molecule has 2 saturated heterocycles. The lowest BCUT2D eigenvalue weighted by atomic mass is 10.0. The van der Waals surface area contributed by atoms with E-state index in [4.69, 9.17) is 20.9 Å². The average molecular weight is 575 g/mol. The van der Waals surface area contributed by atoms with E-state index in [9.17, 15) is 26.4 Å². The van der Waals surface area contributed by atoms with Gasteiger partial charge in [0, 0.05) is 30.3 Å². The molecule has 0 aliphatic carbocycles. The fourth-order valence-corrected chi connectivity index (χ4v) is 6.09. The molecule has 204 valence electrons. The maximum absolute atomic E-state index is 12.3. The Labute approximate surface area is 221 Å². The second-order valence-electron chi connectivity index (χ2n) is 8.49. The van der Waals surface area contributed by atoms with E-state index in [2.05, 4.69) is 5.32 Å². The van der Waals surface area contributed by atoms with Gasteiger partial charge in [0.2, 0.25) is 10.0 Å². The molecule has 0 bridgehead atoms. The molecule has 37 heavy (non-hydrogen) atoms. The Balaban J connectivity index is 0.000000214. The van der Waals surface area contributed by atoms with Crippen LogP contribution in [0, 0.1) is 11.8 Å². The number of benzene rings is 2. The van der Waals surface area contributed by atoms with Crippen LogP contribution in [-0.2, 0) is 28.7 Å². The molecule has 13 heteroatoms. The molecule has 10 nitrogen and oxygen atoms in total. The molecule has 4 rings (SSSR count). The van der Waals surface area contributed by atoms with Crippen molar-refractivity contribution in [1.82, 2.24) is 9.62 Å². The van der Waals surface area contributed by atoms with Crippen LogP contribution in [0.4, 0.5) is 0 Å². The molecule has 3 N–H and O–H groups in total. The predicted octanol–water partition coefficient (Wildman–Crippen LogP) is 2.86. The summed E-state index contributed by atoms with van der Waals surface area (Å²) >= 11 is 0. The molecule has 2 heterocycles. The zero-order chi connectivity index (χ0) is 27.5. The van der Waals surface area contributed by atoms with Crippen LogP contribution in [0.1, 0.15) is 25.7 Å². The number of nitrogens with zero attached hydrogens (tertiary/aromatic N) is 1. The van der Waals surface area contributed by atoms with Crippen molar-refractivity contribution in [3.05, 3.63) is 60.7 Å². The van der Waals surface area contributed by atoms with Crippen LogP contribution < -0.4 is 5.32 Å². The molecule has 2 fully saturated rings. The number of aliphatic carboxylic acids is 2. The van der Waals surface area contributed by atoms with Crippen LogP contribution in [0.15, 0.2) is 70.5 Å². The Hall–Kier alpha value is -2.51. The van der Waals surface area contributed by atoms with Gasteiger partial charge in [-0.25, -0.2) is 16.8 Å². The van der Waals surface area contributed by atoms with Gasteiger partial charge in [-0.3, -0.25) is 9.59 Å². The first-order valence-electron chi connectivity index (χ1n) is 11.6. The highest BCUT2D eigenvalue weighted by atomic mass is 35.7. The second-order valence-corrected chi connectivity index (χ2v) is 13.0. The molecule has 0 radical (unpaired) electrons. The predicted molar refractivity (Wildman–Crippen MR) is 138 cm³/mol. The summed E-state index contributed by atoms with van der Waals surface area (Å²) in [6.07, 6.45) is 2.96. The number of rotatable bonds is 5. The number of piperidine rings is 2. The smallest absolute Gasteiger partial charge is 0.307 e. The Morgan fingerprint density at radius 1 is 0.811 bits per heavy atom. The summed E-state index contributed by atoms with van der Waals surface area (Å²) in [6.45, 7) is 2.08. The van der Waals surface area contributed by atoms with Crippen molar-refractivity contribution in [2.24, 2.45) is 11.8 Å². The molecule has 2 atom stereocenters. The summed E-state index contributed by atoms with van der Waals surface area (Å²) in [7, 11) is -2.06. The summed E-state index contributed by atoms with van der Waals surface area (Å²) in [6, 6.07) is 16.0. The van der Waals surface area contributed by atoms with E-state index >= 15 is 0 Å². The van der Waals surface area contributed by atoms with E-state index in [1.165, 1.54) is 28.6 Å². The van der Waals surface area contributed by atoms with Crippen molar-refractivity contribution in [1.29, 1.82) is 0 Å². The Kier molecular flexibility index (Phi) is 12.0. The normalized spacial score (nSPS) is 20.4. The van der Waals surface area contributed by atoms with Gasteiger partial charge in [0.05, 0.1) is 21.6 Å². The van der Waals surface area contributed by atoms with Gasteiger partial charge >= 0.3 is 11.9 Å². The van der Waals surface area contributed by atoms with Gasteiger partial charge in [0.15, 0.2) is 0 Å². The summed E-state index contributed by atoms with van der Waals surface area (Å²) in [5, 5.41) is 20.5. The van der Waals surface area contributed by atoms with Gasteiger partial charge in [-0.05, 0) is 56.5 Å². The number of hydrogen-bond acceptors (Lipinski definition) is 7. The van der Waals surface area contributed by atoms with Crippen LogP contribution in [-0.4, -0.2) is 69.5 Å². The Bertz CT molecular complexity index is 1220. The topological polar surface area (TPSA) is 158 Å². The summed E-state index contributed by atoms with van der Waals surface area (Å²) in [5.41, 5.74) is 0. The van der Waals surface area contributed by atoms with Gasteiger partial charge in [-0.15, -0.1) is 0 Å². The van der Waals surface area contributed by atoms with Crippen LogP contribution in [0.2, 0.25) is 0 Å². The van der Waals surface area contributed by atoms with Crippen LogP contribution in [0.3, 0.4) is 0 Å². The first-order valence-corrected chi connectivity index (χ1v) is 15.4. The maximum atomic E-state index is 12.3. The Morgan fingerprint density at radius 3 is 1.73 bits per heavy atom. The molecule has 2 aliphatic rings. The van der Waals surface area contributed by atoms with Crippen molar-refractivity contribution >= 4 is 41.7 Å². The first kappa shape index (κ1) is 30.7. The molecule has 2 aromatic carbocycles. The molecule has 0 spiro atoms. The van der Waals surface area contributed by atoms with Crippen LogP contribution in [0.25, 0.3) is 0 Å². The van der Waals surface area contributed by atoms with Crippen LogP contribution in [0.5, 0.6) is 0 Å². The molecule has 0 saturated carbocycles.